The lowest BCUT2D eigenvalue weighted by molar-refractivity contribution is -0.117. The number of anilines is 1. The maximum Gasteiger partial charge on any atom is 0.224 e. The average Bonchev–Trinajstić information content (AvgIpc) is 3.11. The maximum atomic E-state index is 12.6. The number of hydrogen-bond donors (Lipinski definition) is 2. The first-order valence-electron chi connectivity index (χ1n) is 9.60. The first-order valence-corrected chi connectivity index (χ1v) is 9.60. The van der Waals surface area contributed by atoms with E-state index in [0.717, 1.165) is 25.3 Å². The number of carbonyl (C=O) groups excluding carboxylic acids is 1. The van der Waals surface area contributed by atoms with Crippen LogP contribution in [0.4, 0.5) is 5.69 Å². The van der Waals surface area contributed by atoms with Crippen molar-refractivity contribution in [1.29, 1.82) is 0 Å². The summed E-state index contributed by atoms with van der Waals surface area (Å²) in [5.41, 5.74) is 3.74. The molecule has 6 heteroatoms. The van der Waals surface area contributed by atoms with E-state index in [-0.39, 0.29) is 30.7 Å². The fourth-order valence-electron chi connectivity index (χ4n) is 4.89. The van der Waals surface area contributed by atoms with Gasteiger partial charge in [0.05, 0.1) is 0 Å². The molecule has 2 atom stereocenters. The van der Waals surface area contributed by atoms with Crippen LogP contribution >= 0.6 is 24.8 Å². The van der Waals surface area contributed by atoms with Gasteiger partial charge in [-0.1, -0.05) is 19.1 Å². The highest BCUT2D eigenvalue weighted by molar-refractivity contribution is 5.92. The second-order valence-electron chi connectivity index (χ2n) is 7.88. The van der Waals surface area contributed by atoms with Gasteiger partial charge in [-0.05, 0) is 61.8 Å². The minimum atomic E-state index is 0. The Balaban J connectivity index is 0.00000121. The molecule has 3 heterocycles. The van der Waals surface area contributed by atoms with Gasteiger partial charge in [0.15, 0.2) is 0 Å². The van der Waals surface area contributed by atoms with Crippen LogP contribution < -0.4 is 10.6 Å². The summed E-state index contributed by atoms with van der Waals surface area (Å²) in [4.78, 5) is 15.0. The molecule has 2 fully saturated rings. The van der Waals surface area contributed by atoms with Crippen molar-refractivity contribution in [2.45, 2.75) is 70.6 Å². The monoisotopic (exact) mass is 399 g/mol. The van der Waals surface area contributed by atoms with Crippen LogP contribution in [0.3, 0.4) is 0 Å². The predicted molar refractivity (Wildman–Crippen MR) is 111 cm³/mol. The van der Waals surface area contributed by atoms with E-state index in [2.05, 4.69) is 40.7 Å². The lowest BCUT2D eigenvalue weighted by Crippen LogP contribution is -2.39. The van der Waals surface area contributed by atoms with Crippen molar-refractivity contribution in [3.63, 3.8) is 0 Å². The summed E-state index contributed by atoms with van der Waals surface area (Å²) in [6.45, 7) is 5.33. The minimum absolute atomic E-state index is 0. The van der Waals surface area contributed by atoms with Crippen LogP contribution in [0.1, 0.15) is 56.6 Å². The fraction of sp³-hybridized carbons (Fsp3) is 0.650. The highest BCUT2D eigenvalue weighted by Gasteiger charge is 2.34. The van der Waals surface area contributed by atoms with Crippen LogP contribution in [-0.2, 0) is 17.9 Å². The van der Waals surface area contributed by atoms with Crippen molar-refractivity contribution < 1.29 is 4.79 Å². The van der Waals surface area contributed by atoms with E-state index >= 15 is 0 Å². The van der Waals surface area contributed by atoms with E-state index in [1.807, 2.05) is 0 Å². The molecule has 3 aliphatic rings. The highest BCUT2D eigenvalue weighted by atomic mass is 35.5. The lowest BCUT2D eigenvalue weighted by atomic mass is 9.89. The van der Waals surface area contributed by atoms with Crippen LogP contribution in [0.5, 0.6) is 0 Å². The number of benzene rings is 1. The fourth-order valence-corrected chi connectivity index (χ4v) is 4.89. The smallest absolute Gasteiger partial charge is 0.224 e. The van der Waals surface area contributed by atoms with Crippen molar-refractivity contribution in [2.24, 2.45) is 5.92 Å². The molecule has 1 amide bonds. The molecule has 0 aromatic heterocycles. The molecule has 3 aliphatic heterocycles. The predicted octanol–water partition coefficient (Wildman–Crippen LogP) is 4.12. The van der Waals surface area contributed by atoms with E-state index in [9.17, 15) is 4.79 Å². The van der Waals surface area contributed by atoms with Gasteiger partial charge in [0.2, 0.25) is 5.91 Å². The SMILES string of the molecule is CCCN1Cc2cccc(NC(=O)CC3CC4CCC(C3)N4)c2C1.Cl.Cl. The zero-order valence-electron chi connectivity index (χ0n) is 15.5. The Kier molecular flexibility index (Phi) is 7.77. The molecule has 4 nitrogen and oxygen atoms in total. The number of halogens is 2. The van der Waals surface area contributed by atoms with Gasteiger partial charge >= 0.3 is 0 Å². The van der Waals surface area contributed by atoms with Crippen LogP contribution in [0.25, 0.3) is 0 Å². The van der Waals surface area contributed by atoms with Crippen molar-refractivity contribution >= 4 is 36.4 Å². The molecule has 2 unspecified atom stereocenters. The Morgan fingerprint density at radius 2 is 1.92 bits per heavy atom. The van der Waals surface area contributed by atoms with Gasteiger partial charge < -0.3 is 10.6 Å². The maximum absolute atomic E-state index is 12.6. The van der Waals surface area contributed by atoms with E-state index in [0.29, 0.717) is 24.4 Å². The van der Waals surface area contributed by atoms with Crippen LogP contribution in [0.2, 0.25) is 0 Å². The molecule has 0 saturated carbocycles. The zero-order valence-corrected chi connectivity index (χ0v) is 17.1. The summed E-state index contributed by atoms with van der Waals surface area (Å²) >= 11 is 0. The molecule has 26 heavy (non-hydrogen) atoms. The number of nitrogens with one attached hydrogen (secondary N) is 2. The molecule has 2 saturated heterocycles. The van der Waals surface area contributed by atoms with Crippen molar-refractivity contribution in [3.8, 4) is 0 Å². The Labute approximate surface area is 169 Å². The van der Waals surface area contributed by atoms with Gasteiger partial charge in [-0.15, -0.1) is 24.8 Å². The molecule has 1 aromatic rings. The first kappa shape index (κ1) is 21.5. The highest BCUT2D eigenvalue weighted by Crippen LogP contribution is 2.33. The van der Waals surface area contributed by atoms with Gasteiger partial charge in [-0.3, -0.25) is 9.69 Å². The number of rotatable bonds is 5. The molecule has 0 spiro atoms. The Morgan fingerprint density at radius 1 is 1.19 bits per heavy atom. The second kappa shape index (κ2) is 9.41. The summed E-state index contributed by atoms with van der Waals surface area (Å²) < 4.78 is 0. The van der Waals surface area contributed by atoms with Crippen LogP contribution in [-0.4, -0.2) is 29.4 Å². The van der Waals surface area contributed by atoms with E-state index in [1.165, 1.54) is 43.2 Å². The topological polar surface area (TPSA) is 44.4 Å². The summed E-state index contributed by atoms with van der Waals surface area (Å²) in [5, 5.41) is 6.87. The summed E-state index contributed by atoms with van der Waals surface area (Å²) in [7, 11) is 0. The molecule has 4 rings (SSSR count). The molecular weight excluding hydrogens is 369 g/mol. The van der Waals surface area contributed by atoms with E-state index < -0.39 is 0 Å². The van der Waals surface area contributed by atoms with Gasteiger partial charge in [-0.2, -0.15) is 0 Å². The van der Waals surface area contributed by atoms with Gasteiger partial charge in [0.25, 0.3) is 0 Å². The van der Waals surface area contributed by atoms with Crippen molar-refractivity contribution in [3.05, 3.63) is 29.3 Å². The van der Waals surface area contributed by atoms with Gasteiger partial charge in [0.1, 0.15) is 0 Å². The Hall–Kier alpha value is -0.810. The van der Waals surface area contributed by atoms with Crippen LogP contribution in [0, 0.1) is 5.92 Å². The molecule has 146 valence electrons. The summed E-state index contributed by atoms with van der Waals surface area (Å²) in [6.07, 6.45) is 6.78. The molecule has 0 aliphatic carbocycles. The molecular formula is C20H31Cl2N3O. The Bertz CT molecular complexity index is 613. The number of piperidine rings is 1. The van der Waals surface area contributed by atoms with Crippen LogP contribution in [0.15, 0.2) is 18.2 Å². The van der Waals surface area contributed by atoms with Gasteiger partial charge in [0, 0.05) is 37.3 Å². The number of amides is 1. The van der Waals surface area contributed by atoms with Crippen molar-refractivity contribution in [2.75, 3.05) is 11.9 Å². The third kappa shape index (κ3) is 4.72. The number of hydrogen-bond acceptors (Lipinski definition) is 3. The standard InChI is InChI=1S/C20H29N3O.2ClH/c1-2-8-23-12-15-4-3-5-19(18(15)13-23)22-20(24)11-14-9-16-6-7-17(10-14)21-16;;/h3-5,14,16-17,21H,2,6-13H2,1H3,(H,22,24);2*1H. The summed E-state index contributed by atoms with van der Waals surface area (Å²) in [5.74, 6) is 0.751. The minimum Gasteiger partial charge on any atom is -0.326 e. The van der Waals surface area contributed by atoms with Gasteiger partial charge in [-0.25, -0.2) is 0 Å². The second-order valence-corrected chi connectivity index (χ2v) is 7.88. The third-order valence-corrected chi connectivity index (χ3v) is 5.91. The summed E-state index contributed by atoms with van der Waals surface area (Å²) in [6, 6.07) is 7.66. The third-order valence-electron chi connectivity index (χ3n) is 5.91. The first-order chi connectivity index (χ1) is 11.7. The lowest BCUT2D eigenvalue weighted by Gasteiger charge is -2.28. The quantitative estimate of drug-likeness (QED) is 0.782. The Morgan fingerprint density at radius 3 is 2.62 bits per heavy atom. The molecule has 2 bridgehead atoms. The number of carbonyl (C=O) groups is 1. The molecule has 1 aromatic carbocycles. The largest absolute Gasteiger partial charge is 0.326 e. The number of fused-ring (bicyclic) bond motifs is 3. The normalized spacial score (nSPS) is 26.6. The van der Waals surface area contributed by atoms with E-state index in [4.69, 9.17) is 0 Å². The average molecular weight is 400 g/mol. The number of nitrogens with zero attached hydrogens (tertiary/aromatic N) is 1. The van der Waals surface area contributed by atoms with E-state index in [1.54, 1.807) is 0 Å². The zero-order chi connectivity index (χ0) is 16.5. The van der Waals surface area contributed by atoms with Crippen molar-refractivity contribution in [1.82, 2.24) is 10.2 Å². The molecule has 2 N–H and O–H groups in total. The molecule has 0 radical (unpaired) electrons.